The van der Waals surface area contributed by atoms with Gasteiger partial charge in [0.1, 0.15) is 12.4 Å². The lowest BCUT2D eigenvalue weighted by molar-refractivity contribution is 0.0389. The van der Waals surface area contributed by atoms with Gasteiger partial charge < -0.3 is 14.8 Å². The lowest BCUT2D eigenvalue weighted by atomic mass is 10.2. The Bertz CT molecular complexity index is 764. The third-order valence-electron chi connectivity index (χ3n) is 4.34. The molecule has 28 heavy (non-hydrogen) atoms. The van der Waals surface area contributed by atoms with E-state index in [1.165, 1.54) is 0 Å². The van der Waals surface area contributed by atoms with E-state index in [-0.39, 0.29) is 0 Å². The first-order valence-electron chi connectivity index (χ1n) is 9.44. The Labute approximate surface area is 171 Å². The Balaban J connectivity index is 1.42. The van der Waals surface area contributed by atoms with Crippen LogP contribution in [0.4, 0.5) is 0 Å². The van der Waals surface area contributed by atoms with Gasteiger partial charge in [0, 0.05) is 31.7 Å². The zero-order valence-electron chi connectivity index (χ0n) is 15.8. The molecule has 1 heterocycles. The van der Waals surface area contributed by atoms with Gasteiger partial charge in [0.15, 0.2) is 5.11 Å². The summed E-state index contributed by atoms with van der Waals surface area (Å²) in [5.74, 6) is 0.781. The molecule has 0 bridgehead atoms. The fourth-order valence-corrected chi connectivity index (χ4v) is 2.96. The quantitative estimate of drug-likeness (QED) is 0.405. The van der Waals surface area contributed by atoms with E-state index < -0.39 is 0 Å². The molecule has 0 saturated carbocycles. The number of rotatable bonds is 8. The zero-order valence-corrected chi connectivity index (χ0v) is 16.7. The number of benzene rings is 2. The first kappa shape index (κ1) is 20.3. The molecule has 3 rings (SSSR count). The van der Waals surface area contributed by atoms with Gasteiger partial charge in [-0.25, -0.2) is 0 Å². The molecule has 0 spiro atoms. The summed E-state index contributed by atoms with van der Waals surface area (Å²) in [6.45, 7) is 5.78. The van der Waals surface area contributed by atoms with E-state index >= 15 is 0 Å². The molecule has 1 saturated heterocycles. The highest BCUT2D eigenvalue weighted by atomic mass is 32.1. The summed E-state index contributed by atoms with van der Waals surface area (Å²) in [5, 5.41) is 7.91. The molecule has 1 aliphatic rings. The maximum absolute atomic E-state index is 5.93. The van der Waals surface area contributed by atoms with Gasteiger partial charge in [-0.2, -0.15) is 5.10 Å². The minimum atomic E-state index is 0.507. The monoisotopic (exact) mass is 398 g/mol. The lowest BCUT2D eigenvalue weighted by Gasteiger charge is -2.26. The van der Waals surface area contributed by atoms with E-state index in [4.69, 9.17) is 21.7 Å². The molecule has 0 radical (unpaired) electrons. The second kappa shape index (κ2) is 11.4. The number of hydrazone groups is 1. The third kappa shape index (κ3) is 6.92. The van der Waals surface area contributed by atoms with E-state index in [9.17, 15) is 0 Å². The Kier molecular flexibility index (Phi) is 8.24. The summed E-state index contributed by atoms with van der Waals surface area (Å²) in [4.78, 5) is 2.35. The normalized spacial score (nSPS) is 14.7. The predicted octanol–water partition coefficient (Wildman–Crippen LogP) is 2.40. The van der Waals surface area contributed by atoms with Crippen LogP contribution >= 0.6 is 12.2 Å². The molecule has 1 aliphatic heterocycles. The molecule has 2 aromatic rings. The third-order valence-corrected chi connectivity index (χ3v) is 4.58. The number of nitrogens with one attached hydrogen (secondary N) is 2. The van der Waals surface area contributed by atoms with Crippen LogP contribution in [0.5, 0.6) is 5.75 Å². The van der Waals surface area contributed by atoms with Crippen LogP contribution in [-0.2, 0) is 11.3 Å². The largest absolute Gasteiger partial charge is 0.488 e. The Morgan fingerprint density at radius 1 is 1.11 bits per heavy atom. The zero-order chi connectivity index (χ0) is 19.4. The summed E-state index contributed by atoms with van der Waals surface area (Å²) < 4.78 is 11.3. The summed E-state index contributed by atoms with van der Waals surface area (Å²) in [5.41, 5.74) is 4.87. The maximum atomic E-state index is 5.93. The average Bonchev–Trinajstić information content (AvgIpc) is 2.74. The molecule has 6 nitrogen and oxygen atoms in total. The van der Waals surface area contributed by atoms with Crippen molar-refractivity contribution in [3.8, 4) is 5.75 Å². The lowest BCUT2D eigenvalue weighted by Crippen LogP contribution is -2.42. The van der Waals surface area contributed by atoms with Crippen LogP contribution in [0.15, 0.2) is 59.7 Å². The highest BCUT2D eigenvalue weighted by Gasteiger charge is 2.09. The van der Waals surface area contributed by atoms with Crippen LogP contribution in [0.1, 0.15) is 11.1 Å². The van der Waals surface area contributed by atoms with Crippen molar-refractivity contribution in [2.24, 2.45) is 5.10 Å². The van der Waals surface area contributed by atoms with E-state index in [0.717, 1.165) is 56.3 Å². The van der Waals surface area contributed by atoms with Gasteiger partial charge in [0.05, 0.1) is 19.4 Å². The molecule has 2 aromatic carbocycles. The van der Waals surface area contributed by atoms with Crippen LogP contribution in [0.2, 0.25) is 0 Å². The fraction of sp³-hybridized carbons (Fsp3) is 0.333. The van der Waals surface area contributed by atoms with Crippen LogP contribution in [0.3, 0.4) is 0 Å². The van der Waals surface area contributed by atoms with Crippen molar-refractivity contribution in [1.82, 2.24) is 15.6 Å². The fourth-order valence-electron chi connectivity index (χ4n) is 2.81. The van der Waals surface area contributed by atoms with Crippen molar-refractivity contribution >= 4 is 23.5 Å². The second-order valence-corrected chi connectivity index (χ2v) is 6.80. The van der Waals surface area contributed by atoms with Crippen molar-refractivity contribution in [2.75, 3.05) is 39.4 Å². The molecule has 0 aliphatic carbocycles. The Hall–Kier alpha value is -2.48. The van der Waals surface area contributed by atoms with E-state index in [0.29, 0.717) is 11.7 Å². The van der Waals surface area contributed by atoms with Crippen molar-refractivity contribution in [1.29, 1.82) is 0 Å². The van der Waals surface area contributed by atoms with Gasteiger partial charge in [0.25, 0.3) is 0 Å². The van der Waals surface area contributed by atoms with Crippen LogP contribution in [0.25, 0.3) is 0 Å². The van der Waals surface area contributed by atoms with Crippen LogP contribution < -0.4 is 15.5 Å². The minimum Gasteiger partial charge on any atom is -0.488 e. The predicted molar refractivity (Wildman–Crippen MR) is 116 cm³/mol. The van der Waals surface area contributed by atoms with Gasteiger partial charge in [-0.05, 0) is 29.9 Å². The van der Waals surface area contributed by atoms with Crippen molar-refractivity contribution < 1.29 is 9.47 Å². The van der Waals surface area contributed by atoms with E-state index in [1.54, 1.807) is 6.21 Å². The van der Waals surface area contributed by atoms with Gasteiger partial charge in [0.2, 0.25) is 0 Å². The smallest absolute Gasteiger partial charge is 0.187 e. The number of ether oxygens (including phenoxy) is 2. The number of para-hydroxylation sites is 1. The minimum absolute atomic E-state index is 0.507. The first-order valence-corrected chi connectivity index (χ1v) is 9.85. The topological polar surface area (TPSA) is 58.1 Å². The van der Waals surface area contributed by atoms with Crippen LogP contribution in [0, 0.1) is 0 Å². The summed E-state index contributed by atoms with van der Waals surface area (Å²) in [6.07, 6.45) is 1.72. The van der Waals surface area contributed by atoms with Gasteiger partial charge >= 0.3 is 0 Å². The number of morpholine rings is 1. The van der Waals surface area contributed by atoms with Crippen molar-refractivity contribution in [3.05, 3.63) is 65.7 Å². The highest BCUT2D eigenvalue weighted by molar-refractivity contribution is 7.80. The number of nitrogens with zero attached hydrogens (tertiary/aromatic N) is 2. The van der Waals surface area contributed by atoms with Crippen molar-refractivity contribution in [3.63, 3.8) is 0 Å². The van der Waals surface area contributed by atoms with Gasteiger partial charge in [-0.1, -0.05) is 42.5 Å². The highest BCUT2D eigenvalue weighted by Crippen LogP contribution is 2.17. The Morgan fingerprint density at radius 2 is 1.86 bits per heavy atom. The van der Waals surface area contributed by atoms with Crippen LogP contribution in [-0.4, -0.2) is 55.6 Å². The molecule has 2 N–H and O–H groups in total. The maximum Gasteiger partial charge on any atom is 0.187 e. The van der Waals surface area contributed by atoms with E-state index in [2.05, 4.69) is 20.7 Å². The number of thiocarbonyl (C=S) groups is 1. The number of hydrogen-bond donors (Lipinski definition) is 2. The summed E-state index contributed by atoms with van der Waals surface area (Å²) in [6, 6.07) is 17.9. The SMILES string of the molecule is S=C(NCCN1CCOCC1)N/N=C/c1ccccc1OCc1ccccc1. The van der Waals surface area contributed by atoms with Crippen molar-refractivity contribution in [2.45, 2.75) is 6.61 Å². The molecule has 7 heteroatoms. The van der Waals surface area contributed by atoms with Gasteiger partial charge in [-0.15, -0.1) is 0 Å². The Morgan fingerprint density at radius 3 is 2.68 bits per heavy atom. The molecule has 1 fully saturated rings. The second-order valence-electron chi connectivity index (χ2n) is 6.39. The molecular weight excluding hydrogens is 372 g/mol. The molecular formula is C21H26N4O2S. The molecule has 148 valence electrons. The standard InChI is InChI=1S/C21H26N4O2S/c28-21(22-10-11-25-12-14-26-15-13-25)24-23-16-19-8-4-5-9-20(19)27-17-18-6-2-1-3-7-18/h1-9,16H,10-15,17H2,(H2,22,24,28)/b23-16+. The summed E-state index contributed by atoms with van der Waals surface area (Å²) in [7, 11) is 0. The first-order chi connectivity index (χ1) is 13.8. The number of hydrogen-bond acceptors (Lipinski definition) is 5. The van der Waals surface area contributed by atoms with Gasteiger partial charge in [-0.3, -0.25) is 10.3 Å². The average molecular weight is 399 g/mol. The molecule has 0 amide bonds. The summed E-state index contributed by atoms with van der Waals surface area (Å²) >= 11 is 5.27. The molecule has 0 atom stereocenters. The van der Waals surface area contributed by atoms with E-state index in [1.807, 2.05) is 54.6 Å². The molecule has 0 unspecified atom stereocenters. The molecule has 0 aromatic heterocycles.